The monoisotopic (exact) mass is 174 g/mol. The predicted octanol–water partition coefficient (Wildman–Crippen LogP) is 1.40. The molecule has 1 aliphatic carbocycles. The Morgan fingerprint density at radius 3 is 2.85 bits per heavy atom. The van der Waals surface area contributed by atoms with Crippen LogP contribution < -0.4 is 0 Å². The molecule has 0 bridgehead atoms. The number of Topliss-reactive ketones (excluding diaryl/α,β-unsaturated/α-hetero) is 1. The number of carbonyl (C=O) groups is 1. The lowest BCUT2D eigenvalue weighted by molar-refractivity contribution is -0.114. The zero-order chi connectivity index (χ0) is 9.26. The van der Waals surface area contributed by atoms with Gasteiger partial charge in [-0.15, -0.1) is 0 Å². The second-order valence-electron chi connectivity index (χ2n) is 3.36. The Balaban J connectivity index is 2.45. The third kappa shape index (κ3) is 1.29. The van der Waals surface area contributed by atoms with Crippen LogP contribution in [0.1, 0.15) is 25.7 Å². The zero-order valence-corrected chi connectivity index (χ0v) is 7.34. The Hall–Kier alpha value is -1.43. The Morgan fingerprint density at radius 2 is 2.08 bits per heavy atom. The van der Waals surface area contributed by atoms with E-state index >= 15 is 0 Å². The first-order chi connectivity index (χ1) is 6.33. The van der Waals surface area contributed by atoms with Crippen molar-refractivity contribution in [3.05, 3.63) is 11.1 Å². The van der Waals surface area contributed by atoms with Crippen LogP contribution in [0.15, 0.2) is 16.1 Å². The van der Waals surface area contributed by atoms with Crippen LogP contribution in [-0.4, -0.2) is 18.0 Å². The van der Waals surface area contributed by atoms with Gasteiger partial charge in [0.05, 0.1) is 0 Å². The van der Waals surface area contributed by atoms with Gasteiger partial charge in [0, 0.05) is 5.71 Å². The van der Waals surface area contributed by atoms with Gasteiger partial charge in [0.1, 0.15) is 18.2 Å². The molecule has 1 fully saturated rings. The number of rotatable bonds is 0. The summed E-state index contributed by atoms with van der Waals surface area (Å²) in [5.41, 5.74) is 2.29. The van der Waals surface area contributed by atoms with E-state index in [0.29, 0.717) is 5.57 Å². The summed E-state index contributed by atoms with van der Waals surface area (Å²) in [6, 6.07) is 2.00. The van der Waals surface area contributed by atoms with Crippen LogP contribution in [-0.2, 0) is 4.79 Å². The number of ketones is 1. The molecule has 0 spiro atoms. The summed E-state index contributed by atoms with van der Waals surface area (Å²) in [5.74, 6) is -0.108. The first-order valence-electron chi connectivity index (χ1n) is 4.53. The van der Waals surface area contributed by atoms with Gasteiger partial charge in [-0.3, -0.25) is 9.79 Å². The minimum absolute atomic E-state index is 0.108. The molecule has 0 aromatic carbocycles. The third-order valence-corrected chi connectivity index (χ3v) is 2.54. The van der Waals surface area contributed by atoms with E-state index in [2.05, 4.69) is 4.99 Å². The number of aliphatic imine (C=N–C) groups is 1. The predicted molar refractivity (Wildman–Crippen MR) is 48.4 cm³/mol. The van der Waals surface area contributed by atoms with E-state index in [9.17, 15) is 4.79 Å². The van der Waals surface area contributed by atoms with Gasteiger partial charge in [0.25, 0.3) is 0 Å². The van der Waals surface area contributed by atoms with Crippen molar-refractivity contribution >= 4 is 11.5 Å². The maximum Gasteiger partial charge on any atom is 0.195 e. The number of fused-ring (bicyclic) bond motifs is 1. The van der Waals surface area contributed by atoms with Gasteiger partial charge in [0.15, 0.2) is 5.78 Å². The highest BCUT2D eigenvalue weighted by Gasteiger charge is 2.25. The van der Waals surface area contributed by atoms with Crippen LogP contribution in [0.4, 0.5) is 0 Å². The summed E-state index contributed by atoms with van der Waals surface area (Å²) in [4.78, 5) is 15.5. The minimum Gasteiger partial charge on any atom is -0.291 e. The van der Waals surface area contributed by atoms with E-state index in [1.807, 2.05) is 6.07 Å². The second kappa shape index (κ2) is 3.14. The number of nitrogens with zero attached hydrogens (tertiary/aromatic N) is 2. The molecule has 3 nitrogen and oxygen atoms in total. The van der Waals surface area contributed by atoms with Gasteiger partial charge >= 0.3 is 0 Å². The SMILES string of the molecule is N#CC1=C2CCCCC2=NCC1=O. The lowest BCUT2D eigenvalue weighted by Gasteiger charge is -2.21. The van der Waals surface area contributed by atoms with Crippen LogP contribution in [0.2, 0.25) is 0 Å². The Morgan fingerprint density at radius 1 is 1.31 bits per heavy atom. The summed E-state index contributed by atoms with van der Waals surface area (Å²) in [5, 5.41) is 8.82. The van der Waals surface area contributed by atoms with Crippen molar-refractivity contribution in [3.63, 3.8) is 0 Å². The normalized spacial score (nSPS) is 22.1. The topological polar surface area (TPSA) is 53.2 Å². The molecule has 0 saturated heterocycles. The standard InChI is InChI=1S/C10H10N2O/c11-5-8-7-3-1-2-4-9(7)12-6-10(8)13/h1-4,6H2. The van der Waals surface area contributed by atoms with E-state index in [4.69, 9.17) is 5.26 Å². The fourth-order valence-electron chi connectivity index (χ4n) is 1.88. The summed E-state index contributed by atoms with van der Waals surface area (Å²) in [6.07, 6.45) is 4.00. The first-order valence-corrected chi connectivity index (χ1v) is 4.53. The number of hydrogen-bond acceptors (Lipinski definition) is 3. The third-order valence-electron chi connectivity index (χ3n) is 2.54. The molecule has 1 saturated carbocycles. The van der Waals surface area contributed by atoms with Gasteiger partial charge in [-0.1, -0.05) is 0 Å². The quantitative estimate of drug-likeness (QED) is 0.557. The number of allylic oxidation sites excluding steroid dienone is 1. The zero-order valence-electron chi connectivity index (χ0n) is 7.34. The molecule has 3 heteroatoms. The van der Waals surface area contributed by atoms with Crippen LogP contribution in [0, 0.1) is 11.3 Å². The average Bonchev–Trinajstić information content (AvgIpc) is 2.18. The Labute approximate surface area is 76.8 Å². The molecule has 1 heterocycles. The van der Waals surface area contributed by atoms with Crippen molar-refractivity contribution < 1.29 is 4.79 Å². The lowest BCUT2D eigenvalue weighted by atomic mass is 9.86. The highest BCUT2D eigenvalue weighted by atomic mass is 16.1. The Kier molecular flexibility index (Phi) is 1.97. The molecule has 0 N–H and O–H groups in total. The number of carbonyl (C=O) groups excluding carboxylic acids is 1. The number of nitriles is 1. The fraction of sp³-hybridized carbons (Fsp3) is 0.500. The van der Waals surface area contributed by atoms with E-state index in [1.54, 1.807) is 0 Å². The van der Waals surface area contributed by atoms with E-state index in [-0.39, 0.29) is 12.3 Å². The van der Waals surface area contributed by atoms with Gasteiger partial charge in [0.2, 0.25) is 0 Å². The van der Waals surface area contributed by atoms with E-state index < -0.39 is 0 Å². The van der Waals surface area contributed by atoms with Gasteiger partial charge < -0.3 is 0 Å². The maximum absolute atomic E-state index is 11.3. The molecule has 13 heavy (non-hydrogen) atoms. The molecule has 2 rings (SSSR count). The molecule has 0 radical (unpaired) electrons. The molecule has 0 aromatic rings. The van der Waals surface area contributed by atoms with Crippen LogP contribution >= 0.6 is 0 Å². The van der Waals surface area contributed by atoms with Crippen LogP contribution in [0.25, 0.3) is 0 Å². The van der Waals surface area contributed by atoms with E-state index in [1.165, 1.54) is 0 Å². The van der Waals surface area contributed by atoms with Crippen molar-refractivity contribution in [3.8, 4) is 6.07 Å². The second-order valence-corrected chi connectivity index (χ2v) is 3.36. The first kappa shape index (κ1) is 8.18. The van der Waals surface area contributed by atoms with Crippen molar-refractivity contribution in [2.75, 3.05) is 6.54 Å². The summed E-state index contributed by atoms with van der Waals surface area (Å²) < 4.78 is 0. The summed E-state index contributed by atoms with van der Waals surface area (Å²) in [6.45, 7) is 0.182. The molecular weight excluding hydrogens is 164 g/mol. The molecule has 0 unspecified atom stereocenters. The highest BCUT2D eigenvalue weighted by molar-refractivity contribution is 6.15. The molecule has 0 aromatic heterocycles. The summed E-state index contributed by atoms with van der Waals surface area (Å²) in [7, 11) is 0. The smallest absolute Gasteiger partial charge is 0.195 e. The molecular formula is C10H10N2O. The van der Waals surface area contributed by atoms with Gasteiger partial charge in [-0.2, -0.15) is 5.26 Å². The molecule has 1 aliphatic heterocycles. The fourth-order valence-corrected chi connectivity index (χ4v) is 1.88. The lowest BCUT2D eigenvalue weighted by Crippen LogP contribution is -2.22. The van der Waals surface area contributed by atoms with Crippen LogP contribution in [0.5, 0.6) is 0 Å². The summed E-state index contributed by atoms with van der Waals surface area (Å²) >= 11 is 0. The highest BCUT2D eigenvalue weighted by Crippen LogP contribution is 2.26. The molecule has 0 atom stereocenters. The van der Waals surface area contributed by atoms with Crippen LogP contribution in [0.3, 0.4) is 0 Å². The molecule has 66 valence electrons. The van der Waals surface area contributed by atoms with Crippen molar-refractivity contribution in [2.45, 2.75) is 25.7 Å². The Bertz CT molecular complexity index is 358. The maximum atomic E-state index is 11.3. The number of hydrogen-bond donors (Lipinski definition) is 0. The average molecular weight is 174 g/mol. The number of dihydropyridines is 1. The van der Waals surface area contributed by atoms with Crippen molar-refractivity contribution in [1.29, 1.82) is 5.26 Å². The van der Waals surface area contributed by atoms with Gasteiger partial charge in [-0.05, 0) is 31.3 Å². The van der Waals surface area contributed by atoms with Crippen molar-refractivity contribution in [1.82, 2.24) is 0 Å². The van der Waals surface area contributed by atoms with Crippen molar-refractivity contribution in [2.24, 2.45) is 4.99 Å². The van der Waals surface area contributed by atoms with E-state index in [0.717, 1.165) is 37.0 Å². The molecule has 0 amide bonds. The minimum atomic E-state index is -0.108. The molecule has 2 aliphatic rings. The van der Waals surface area contributed by atoms with Gasteiger partial charge in [-0.25, -0.2) is 0 Å². The largest absolute Gasteiger partial charge is 0.291 e.